The predicted molar refractivity (Wildman–Crippen MR) is 86.6 cm³/mol. The van der Waals surface area contributed by atoms with Gasteiger partial charge in [-0.25, -0.2) is 8.42 Å². The van der Waals surface area contributed by atoms with Crippen LogP contribution in [0.1, 0.15) is 36.2 Å². The Hall–Kier alpha value is -0.990. The quantitative estimate of drug-likeness (QED) is 0.866. The highest BCUT2D eigenvalue weighted by atomic mass is 32.2. The minimum Gasteiger partial charge on any atom is -0.356 e. The SMILES string of the molecule is O=C(NC1CCCC1)c1cc(S(=O)(=O)N2CCSCC2)c[nH]1. The Kier molecular flexibility index (Phi) is 4.79. The van der Waals surface area contributed by atoms with Crippen molar-refractivity contribution in [3.8, 4) is 0 Å². The van der Waals surface area contributed by atoms with Gasteiger partial charge in [-0.05, 0) is 18.9 Å². The number of sulfonamides is 1. The molecule has 1 aliphatic carbocycles. The smallest absolute Gasteiger partial charge is 0.267 e. The maximum atomic E-state index is 12.5. The fraction of sp³-hybridized carbons (Fsp3) is 0.643. The van der Waals surface area contributed by atoms with Gasteiger partial charge in [-0.15, -0.1) is 0 Å². The molecule has 0 atom stereocenters. The lowest BCUT2D eigenvalue weighted by Crippen LogP contribution is -2.37. The summed E-state index contributed by atoms with van der Waals surface area (Å²) in [4.78, 5) is 15.1. The van der Waals surface area contributed by atoms with E-state index in [1.807, 2.05) is 0 Å². The Morgan fingerprint density at radius 3 is 2.64 bits per heavy atom. The van der Waals surface area contributed by atoms with E-state index in [1.165, 1.54) is 16.6 Å². The molecule has 1 saturated carbocycles. The van der Waals surface area contributed by atoms with Crippen LogP contribution in [0.15, 0.2) is 17.2 Å². The number of nitrogens with one attached hydrogen (secondary N) is 2. The fourth-order valence-corrected chi connectivity index (χ4v) is 5.49. The molecule has 2 heterocycles. The summed E-state index contributed by atoms with van der Waals surface area (Å²) in [6.45, 7) is 1.06. The first kappa shape index (κ1) is 15.9. The van der Waals surface area contributed by atoms with Gasteiger partial charge in [-0.2, -0.15) is 16.1 Å². The van der Waals surface area contributed by atoms with E-state index in [0.29, 0.717) is 18.8 Å². The number of carbonyl (C=O) groups excluding carboxylic acids is 1. The lowest BCUT2D eigenvalue weighted by atomic mass is 10.2. The number of hydrogen-bond donors (Lipinski definition) is 2. The van der Waals surface area contributed by atoms with E-state index in [2.05, 4.69) is 10.3 Å². The monoisotopic (exact) mass is 343 g/mol. The third-order valence-electron chi connectivity index (χ3n) is 4.20. The molecule has 1 aromatic rings. The predicted octanol–water partition coefficient (Wildman–Crippen LogP) is 1.42. The summed E-state index contributed by atoms with van der Waals surface area (Å²) in [6, 6.07) is 1.66. The fourth-order valence-electron chi connectivity index (χ4n) is 2.92. The summed E-state index contributed by atoms with van der Waals surface area (Å²) < 4.78 is 26.6. The summed E-state index contributed by atoms with van der Waals surface area (Å²) in [7, 11) is -3.49. The molecule has 22 heavy (non-hydrogen) atoms. The normalized spacial score (nSPS) is 21.1. The van der Waals surface area contributed by atoms with Gasteiger partial charge in [0.1, 0.15) is 10.6 Å². The zero-order valence-corrected chi connectivity index (χ0v) is 14.0. The zero-order chi connectivity index (χ0) is 15.6. The topological polar surface area (TPSA) is 82.3 Å². The molecule has 0 bridgehead atoms. The van der Waals surface area contributed by atoms with Gasteiger partial charge in [-0.1, -0.05) is 12.8 Å². The Balaban J connectivity index is 1.70. The van der Waals surface area contributed by atoms with Crippen molar-refractivity contribution in [2.45, 2.75) is 36.6 Å². The van der Waals surface area contributed by atoms with Crippen molar-refractivity contribution in [2.24, 2.45) is 0 Å². The van der Waals surface area contributed by atoms with E-state index in [0.717, 1.165) is 37.2 Å². The lowest BCUT2D eigenvalue weighted by molar-refractivity contribution is 0.0933. The summed E-state index contributed by atoms with van der Waals surface area (Å²) >= 11 is 1.76. The highest BCUT2D eigenvalue weighted by Crippen LogP contribution is 2.22. The number of aromatic amines is 1. The molecule has 8 heteroatoms. The third-order valence-corrected chi connectivity index (χ3v) is 7.02. The number of carbonyl (C=O) groups is 1. The van der Waals surface area contributed by atoms with E-state index >= 15 is 0 Å². The maximum absolute atomic E-state index is 12.5. The first-order valence-electron chi connectivity index (χ1n) is 7.64. The Bertz CT molecular complexity index is 630. The maximum Gasteiger partial charge on any atom is 0.267 e. The van der Waals surface area contributed by atoms with Gasteiger partial charge in [0.2, 0.25) is 10.0 Å². The second kappa shape index (κ2) is 6.64. The molecule has 0 aromatic carbocycles. The zero-order valence-electron chi connectivity index (χ0n) is 12.4. The van der Waals surface area contributed by atoms with Crippen molar-refractivity contribution in [1.29, 1.82) is 0 Å². The highest BCUT2D eigenvalue weighted by Gasteiger charge is 2.28. The molecule has 2 fully saturated rings. The van der Waals surface area contributed by atoms with Gasteiger partial charge in [0.05, 0.1) is 0 Å². The van der Waals surface area contributed by atoms with Crippen LogP contribution in [0, 0.1) is 0 Å². The number of thioether (sulfide) groups is 1. The number of amides is 1. The summed E-state index contributed by atoms with van der Waals surface area (Å²) in [5, 5.41) is 2.96. The standard InChI is InChI=1S/C14H21N3O3S2/c18-14(16-11-3-1-2-4-11)13-9-12(10-15-13)22(19,20)17-5-7-21-8-6-17/h9-11,15H,1-8H2,(H,16,18). The van der Waals surface area contributed by atoms with E-state index in [1.54, 1.807) is 11.8 Å². The van der Waals surface area contributed by atoms with Gasteiger partial charge < -0.3 is 10.3 Å². The number of hydrogen-bond acceptors (Lipinski definition) is 4. The Morgan fingerprint density at radius 1 is 1.27 bits per heavy atom. The van der Waals surface area contributed by atoms with Gasteiger partial charge in [0.25, 0.3) is 5.91 Å². The number of nitrogens with zero attached hydrogens (tertiary/aromatic N) is 1. The average Bonchev–Trinajstić information content (AvgIpc) is 3.19. The molecule has 122 valence electrons. The van der Waals surface area contributed by atoms with Crippen LogP contribution in [0.3, 0.4) is 0 Å². The van der Waals surface area contributed by atoms with Crippen molar-refractivity contribution >= 4 is 27.7 Å². The molecule has 2 N–H and O–H groups in total. The van der Waals surface area contributed by atoms with Crippen LogP contribution >= 0.6 is 11.8 Å². The molecule has 1 amide bonds. The molecule has 1 saturated heterocycles. The van der Waals surface area contributed by atoms with Gasteiger partial charge in [-0.3, -0.25) is 4.79 Å². The van der Waals surface area contributed by atoms with Crippen LogP contribution in [-0.4, -0.2) is 54.3 Å². The van der Waals surface area contributed by atoms with Crippen molar-refractivity contribution in [1.82, 2.24) is 14.6 Å². The minimum atomic E-state index is -3.49. The van der Waals surface area contributed by atoms with E-state index < -0.39 is 10.0 Å². The van der Waals surface area contributed by atoms with E-state index in [4.69, 9.17) is 0 Å². The van der Waals surface area contributed by atoms with Crippen LogP contribution < -0.4 is 5.32 Å². The first-order valence-corrected chi connectivity index (χ1v) is 10.2. The average molecular weight is 343 g/mol. The number of aromatic nitrogens is 1. The highest BCUT2D eigenvalue weighted by molar-refractivity contribution is 7.99. The molecule has 2 aliphatic rings. The van der Waals surface area contributed by atoms with Crippen molar-refractivity contribution in [3.63, 3.8) is 0 Å². The van der Waals surface area contributed by atoms with Crippen LogP contribution in [0.5, 0.6) is 0 Å². The lowest BCUT2D eigenvalue weighted by Gasteiger charge is -2.24. The second-order valence-electron chi connectivity index (χ2n) is 5.72. The number of rotatable bonds is 4. The second-order valence-corrected chi connectivity index (χ2v) is 8.88. The molecule has 0 radical (unpaired) electrons. The van der Waals surface area contributed by atoms with Gasteiger partial charge in [0.15, 0.2) is 0 Å². The first-order chi connectivity index (χ1) is 10.6. The Morgan fingerprint density at radius 2 is 1.95 bits per heavy atom. The summed E-state index contributed by atoms with van der Waals surface area (Å²) in [5.74, 6) is 1.42. The van der Waals surface area contributed by atoms with Crippen LogP contribution in [-0.2, 0) is 10.0 Å². The largest absolute Gasteiger partial charge is 0.356 e. The minimum absolute atomic E-state index is 0.177. The molecule has 6 nitrogen and oxygen atoms in total. The van der Waals surface area contributed by atoms with Crippen molar-refractivity contribution in [2.75, 3.05) is 24.6 Å². The number of H-pyrrole nitrogens is 1. The summed E-state index contributed by atoms with van der Waals surface area (Å²) in [6.07, 6.45) is 5.71. The molecular formula is C14H21N3O3S2. The third kappa shape index (κ3) is 3.33. The molecule has 0 spiro atoms. The molecule has 0 unspecified atom stereocenters. The molecular weight excluding hydrogens is 322 g/mol. The van der Waals surface area contributed by atoms with Crippen molar-refractivity contribution in [3.05, 3.63) is 18.0 Å². The van der Waals surface area contributed by atoms with E-state index in [-0.39, 0.29) is 16.8 Å². The Labute approximate surface area is 135 Å². The van der Waals surface area contributed by atoms with Crippen LogP contribution in [0.2, 0.25) is 0 Å². The van der Waals surface area contributed by atoms with Gasteiger partial charge in [0, 0.05) is 36.8 Å². The summed E-state index contributed by atoms with van der Waals surface area (Å²) in [5.41, 5.74) is 0.317. The molecule has 3 rings (SSSR count). The van der Waals surface area contributed by atoms with Gasteiger partial charge >= 0.3 is 0 Å². The molecule has 1 aromatic heterocycles. The van der Waals surface area contributed by atoms with Crippen LogP contribution in [0.4, 0.5) is 0 Å². The van der Waals surface area contributed by atoms with E-state index in [9.17, 15) is 13.2 Å². The molecule has 1 aliphatic heterocycles. The van der Waals surface area contributed by atoms with Crippen LogP contribution in [0.25, 0.3) is 0 Å². The van der Waals surface area contributed by atoms with Crippen molar-refractivity contribution < 1.29 is 13.2 Å².